The molecule has 0 spiro atoms. The Bertz CT molecular complexity index is 947. The highest BCUT2D eigenvalue weighted by molar-refractivity contribution is 5.78. The van der Waals surface area contributed by atoms with Crippen LogP contribution in [-0.4, -0.2) is 59.3 Å². The third kappa shape index (κ3) is 5.07. The number of hydrogen-bond acceptors (Lipinski definition) is 4. The molecule has 0 N–H and O–H groups in total. The molecular formula is C24H30N4O2. The zero-order valence-corrected chi connectivity index (χ0v) is 18.2. The van der Waals surface area contributed by atoms with Gasteiger partial charge in [-0.1, -0.05) is 18.2 Å². The van der Waals surface area contributed by atoms with Crippen molar-refractivity contribution in [1.29, 1.82) is 0 Å². The average molecular weight is 407 g/mol. The van der Waals surface area contributed by atoms with E-state index in [1.165, 1.54) is 0 Å². The number of likely N-dealkylation sites (N-methyl/N-ethyl adjacent to an activating group) is 2. The van der Waals surface area contributed by atoms with Crippen molar-refractivity contribution in [3.8, 4) is 22.7 Å². The Labute approximate surface area is 178 Å². The fourth-order valence-electron chi connectivity index (χ4n) is 3.48. The third-order valence-corrected chi connectivity index (χ3v) is 5.14. The molecule has 0 bridgehead atoms. The van der Waals surface area contributed by atoms with Gasteiger partial charge in [0.05, 0.1) is 25.0 Å². The summed E-state index contributed by atoms with van der Waals surface area (Å²) in [4.78, 5) is 16.4. The fourth-order valence-corrected chi connectivity index (χ4v) is 3.48. The van der Waals surface area contributed by atoms with Crippen molar-refractivity contribution in [1.82, 2.24) is 19.6 Å². The standard InChI is InChI=1S/C24H30N4O2/c1-5-27(6-2)23(29)18-26(3)16-20-17-28(21-10-8-7-9-11-21)25-24(20)19-12-14-22(30-4)15-13-19/h7-15,17H,5-6,16,18H2,1-4H3. The van der Waals surface area contributed by atoms with Gasteiger partial charge in [-0.3, -0.25) is 9.69 Å². The molecule has 0 saturated heterocycles. The Kier molecular flexibility index (Phi) is 7.25. The summed E-state index contributed by atoms with van der Waals surface area (Å²) >= 11 is 0. The molecule has 6 heteroatoms. The lowest BCUT2D eigenvalue weighted by Crippen LogP contribution is -2.38. The van der Waals surface area contributed by atoms with Gasteiger partial charge in [-0.2, -0.15) is 5.10 Å². The van der Waals surface area contributed by atoms with Crippen LogP contribution in [0.5, 0.6) is 5.75 Å². The molecule has 0 aliphatic heterocycles. The number of methoxy groups -OCH3 is 1. The van der Waals surface area contributed by atoms with Gasteiger partial charge in [-0.15, -0.1) is 0 Å². The third-order valence-electron chi connectivity index (χ3n) is 5.14. The van der Waals surface area contributed by atoms with Gasteiger partial charge < -0.3 is 9.64 Å². The molecule has 158 valence electrons. The van der Waals surface area contributed by atoms with Gasteiger partial charge in [-0.05, 0) is 57.3 Å². The van der Waals surface area contributed by atoms with E-state index in [4.69, 9.17) is 9.84 Å². The summed E-state index contributed by atoms with van der Waals surface area (Å²) in [6, 6.07) is 18.0. The van der Waals surface area contributed by atoms with Crippen LogP contribution in [0.1, 0.15) is 19.4 Å². The molecule has 0 atom stereocenters. The summed E-state index contributed by atoms with van der Waals surface area (Å²) in [6.07, 6.45) is 2.05. The lowest BCUT2D eigenvalue weighted by molar-refractivity contribution is -0.131. The minimum Gasteiger partial charge on any atom is -0.497 e. The van der Waals surface area contributed by atoms with Gasteiger partial charge in [0, 0.05) is 37.0 Å². The van der Waals surface area contributed by atoms with Crippen molar-refractivity contribution in [2.24, 2.45) is 0 Å². The summed E-state index contributed by atoms with van der Waals surface area (Å²) in [5.74, 6) is 0.952. The summed E-state index contributed by atoms with van der Waals surface area (Å²) in [5.41, 5.74) is 3.99. The maximum Gasteiger partial charge on any atom is 0.236 e. The first-order valence-corrected chi connectivity index (χ1v) is 10.3. The Morgan fingerprint density at radius 2 is 1.70 bits per heavy atom. The molecule has 0 fully saturated rings. The maximum atomic E-state index is 12.5. The number of carbonyl (C=O) groups is 1. The summed E-state index contributed by atoms with van der Waals surface area (Å²) in [6.45, 7) is 6.47. The fraction of sp³-hybridized carbons (Fsp3) is 0.333. The molecule has 1 aromatic heterocycles. The molecule has 0 radical (unpaired) electrons. The van der Waals surface area contributed by atoms with E-state index in [1.54, 1.807) is 7.11 Å². The first-order valence-electron chi connectivity index (χ1n) is 10.3. The van der Waals surface area contributed by atoms with Crippen LogP contribution in [0.3, 0.4) is 0 Å². The van der Waals surface area contributed by atoms with Crippen LogP contribution < -0.4 is 4.74 Å². The maximum absolute atomic E-state index is 12.5. The number of hydrogen-bond donors (Lipinski definition) is 0. The van der Waals surface area contributed by atoms with Crippen LogP contribution >= 0.6 is 0 Å². The summed E-state index contributed by atoms with van der Waals surface area (Å²) < 4.78 is 7.18. The van der Waals surface area contributed by atoms with Crippen LogP contribution in [0.4, 0.5) is 0 Å². The first kappa shape index (κ1) is 21.6. The van der Waals surface area contributed by atoms with E-state index in [-0.39, 0.29) is 5.91 Å². The number of nitrogens with zero attached hydrogens (tertiary/aromatic N) is 4. The van der Waals surface area contributed by atoms with E-state index >= 15 is 0 Å². The van der Waals surface area contributed by atoms with Crippen molar-refractivity contribution in [2.45, 2.75) is 20.4 Å². The SMILES string of the molecule is CCN(CC)C(=O)CN(C)Cc1cn(-c2ccccc2)nc1-c1ccc(OC)cc1. The topological polar surface area (TPSA) is 50.6 Å². The monoisotopic (exact) mass is 406 g/mol. The number of rotatable bonds is 9. The van der Waals surface area contributed by atoms with Gasteiger partial charge in [0.2, 0.25) is 5.91 Å². The largest absolute Gasteiger partial charge is 0.497 e. The van der Waals surface area contributed by atoms with E-state index in [1.807, 2.05) is 96.2 Å². The predicted molar refractivity (Wildman–Crippen MR) is 120 cm³/mol. The molecule has 1 heterocycles. The molecule has 0 unspecified atom stereocenters. The van der Waals surface area contributed by atoms with Crippen LogP contribution in [-0.2, 0) is 11.3 Å². The lowest BCUT2D eigenvalue weighted by atomic mass is 10.1. The molecule has 2 aromatic carbocycles. The van der Waals surface area contributed by atoms with Crippen LogP contribution in [0.15, 0.2) is 60.8 Å². The Balaban J connectivity index is 1.89. The van der Waals surface area contributed by atoms with Gasteiger partial charge in [-0.25, -0.2) is 4.68 Å². The lowest BCUT2D eigenvalue weighted by Gasteiger charge is -2.23. The molecule has 1 amide bonds. The molecule has 6 nitrogen and oxygen atoms in total. The molecule has 3 rings (SSSR count). The number of aromatic nitrogens is 2. The minimum absolute atomic E-state index is 0.143. The van der Waals surface area contributed by atoms with E-state index < -0.39 is 0 Å². The Morgan fingerprint density at radius 3 is 2.30 bits per heavy atom. The van der Waals surface area contributed by atoms with Gasteiger partial charge in [0.25, 0.3) is 0 Å². The Morgan fingerprint density at radius 1 is 1.03 bits per heavy atom. The molecule has 0 aliphatic carbocycles. The molecule has 30 heavy (non-hydrogen) atoms. The number of ether oxygens (including phenoxy) is 1. The molecule has 3 aromatic rings. The number of amides is 1. The van der Waals surface area contributed by atoms with Crippen molar-refractivity contribution < 1.29 is 9.53 Å². The average Bonchev–Trinajstić information content (AvgIpc) is 3.18. The van der Waals surface area contributed by atoms with E-state index in [9.17, 15) is 4.79 Å². The van der Waals surface area contributed by atoms with Crippen LogP contribution in [0.2, 0.25) is 0 Å². The minimum atomic E-state index is 0.143. The van der Waals surface area contributed by atoms with Gasteiger partial charge in [0.15, 0.2) is 0 Å². The van der Waals surface area contributed by atoms with Crippen LogP contribution in [0.25, 0.3) is 16.9 Å². The van der Waals surface area contributed by atoms with Crippen molar-refractivity contribution in [3.05, 3.63) is 66.4 Å². The smallest absolute Gasteiger partial charge is 0.236 e. The van der Waals surface area contributed by atoms with Crippen LogP contribution in [0, 0.1) is 0 Å². The highest BCUT2D eigenvalue weighted by Gasteiger charge is 2.17. The highest BCUT2D eigenvalue weighted by atomic mass is 16.5. The predicted octanol–water partition coefficient (Wildman–Crippen LogP) is 3.85. The van der Waals surface area contributed by atoms with E-state index in [0.29, 0.717) is 13.1 Å². The second-order valence-electron chi connectivity index (χ2n) is 7.25. The van der Waals surface area contributed by atoms with Crippen molar-refractivity contribution >= 4 is 5.91 Å². The van der Waals surface area contributed by atoms with E-state index in [0.717, 1.165) is 41.3 Å². The van der Waals surface area contributed by atoms with Gasteiger partial charge in [0.1, 0.15) is 5.75 Å². The Hall–Kier alpha value is -3.12. The summed E-state index contributed by atoms with van der Waals surface area (Å²) in [7, 11) is 3.63. The molecule has 0 aliphatic rings. The highest BCUT2D eigenvalue weighted by Crippen LogP contribution is 2.26. The zero-order chi connectivity index (χ0) is 21.5. The number of para-hydroxylation sites is 1. The quantitative estimate of drug-likeness (QED) is 0.542. The molecular weight excluding hydrogens is 376 g/mol. The normalized spacial score (nSPS) is 11.0. The zero-order valence-electron chi connectivity index (χ0n) is 18.2. The number of carbonyl (C=O) groups excluding carboxylic acids is 1. The van der Waals surface area contributed by atoms with Crippen molar-refractivity contribution in [3.63, 3.8) is 0 Å². The van der Waals surface area contributed by atoms with E-state index in [2.05, 4.69) is 0 Å². The number of benzene rings is 2. The summed E-state index contributed by atoms with van der Waals surface area (Å²) in [5, 5.41) is 4.86. The molecule has 0 saturated carbocycles. The van der Waals surface area contributed by atoms with Gasteiger partial charge >= 0.3 is 0 Å². The van der Waals surface area contributed by atoms with Crippen molar-refractivity contribution in [2.75, 3.05) is 33.8 Å². The second kappa shape index (κ2) is 10.1. The first-order chi connectivity index (χ1) is 14.5. The second-order valence-corrected chi connectivity index (χ2v) is 7.25.